The van der Waals surface area contributed by atoms with Gasteiger partial charge in [0.1, 0.15) is 0 Å². The van der Waals surface area contributed by atoms with Crippen LogP contribution in [0.3, 0.4) is 0 Å². The highest BCUT2D eigenvalue weighted by Crippen LogP contribution is 2.31. The van der Waals surface area contributed by atoms with Crippen molar-refractivity contribution in [3.8, 4) is 0 Å². The molecular weight excluding hydrogens is 248 g/mol. The van der Waals surface area contributed by atoms with Crippen LogP contribution in [0, 0.1) is 5.92 Å². The number of rotatable bonds is 2. The Balaban J connectivity index is 1.78. The van der Waals surface area contributed by atoms with Crippen LogP contribution in [0.15, 0.2) is 24.3 Å². The number of para-hydroxylation sites is 1. The quantitative estimate of drug-likeness (QED) is 0.904. The van der Waals surface area contributed by atoms with Gasteiger partial charge < -0.3 is 10.0 Å². The van der Waals surface area contributed by atoms with E-state index in [1.54, 1.807) is 11.3 Å². The molecule has 1 fully saturated rings. The van der Waals surface area contributed by atoms with Crippen LogP contribution in [0.4, 0.5) is 5.13 Å². The average Bonchev–Trinajstić information content (AvgIpc) is 2.82. The lowest BCUT2D eigenvalue weighted by atomic mass is 9.98. The predicted molar refractivity (Wildman–Crippen MR) is 72.2 cm³/mol. The summed E-state index contributed by atoms with van der Waals surface area (Å²) in [6.45, 7) is 1.58. The van der Waals surface area contributed by atoms with Gasteiger partial charge in [-0.15, -0.1) is 0 Å². The van der Waals surface area contributed by atoms with Crippen molar-refractivity contribution >= 4 is 32.7 Å². The number of hydrogen-bond donors (Lipinski definition) is 1. The zero-order chi connectivity index (χ0) is 12.5. The van der Waals surface area contributed by atoms with E-state index in [0.717, 1.165) is 23.7 Å². The first kappa shape index (κ1) is 11.5. The highest BCUT2D eigenvalue weighted by molar-refractivity contribution is 7.22. The number of carbonyl (C=O) groups is 1. The molecule has 1 saturated heterocycles. The number of aromatic nitrogens is 1. The second-order valence-electron chi connectivity index (χ2n) is 4.56. The van der Waals surface area contributed by atoms with Crippen molar-refractivity contribution < 1.29 is 9.90 Å². The number of nitrogens with zero attached hydrogens (tertiary/aromatic N) is 2. The molecule has 0 unspecified atom stereocenters. The summed E-state index contributed by atoms with van der Waals surface area (Å²) >= 11 is 1.68. The molecule has 0 atom stereocenters. The normalized spacial score (nSPS) is 17.2. The Hall–Kier alpha value is -1.62. The Morgan fingerprint density at radius 1 is 1.33 bits per heavy atom. The maximum atomic E-state index is 10.9. The van der Waals surface area contributed by atoms with Crippen LogP contribution in [0.1, 0.15) is 12.8 Å². The van der Waals surface area contributed by atoms with Gasteiger partial charge in [-0.1, -0.05) is 23.5 Å². The Morgan fingerprint density at radius 2 is 2.06 bits per heavy atom. The molecule has 1 N–H and O–H groups in total. The molecule has 1 aromatic carbocycles. The number of carboxylic acids is 1. The van der Waals surface area contributed by atoms with Gasteiger partial charge in [0, 0.05) is 13.1 Å². The van der Waals surface area contributed by atoms with E-state index in [0.29, 0.717) is 12.8 Å². The number of aliphatic carboxylic acids is 1. The number of carboxylic acid groups (broad SMARTS) is 1. The van der Waals surface area contributed by atoms with E-state index in [9.17, 15) is 4.79 Å². The van der Waals surface area contributed by atoms with Gasteiger partial charge in [0.05, 0.1) is 16.1 Å². The monoisotopic (exact) mass is 262 g/mol. The summed E-state index contributed by atoms with van der Waals surface area (Å²) in [6.07, 6.45) is 1.43. The summed E-state index contributed by atoms with van der Waals surface area (Å²) in [5, 5.41) is 9.99. The number of thiazole rings is 1. The number of benzene rings is 1. The molecule has 0 amide bonds. The Bertz CT molecular complexity index is 540. The summed E-state index contributed by atoms with van der Waals surface area (Å²) in [6, 6.07) is 8.09. The SMILES string of the molecule is O=C(O)C1CCN(c2nc3ccccc3s2)CC1. The zero-order valence-electron chi connectivity index (χ0n) is 9.87. The molecule has 0 saturated carbocycles. The fourth-order valence-corrected chi connectivity index (χ4v) is 3.33. The van der Waals surface area contributed by atoms with E-state index in [-0.39, 0.29) is 5.92 Å². The standard InChI is InChI=1S/C13H14N2O2S/c16-12(17)9-5-7-15(8-6-9)13-14-10-3-1-2-4-11(10)18-13/h1-4,9H,5-8H2,(H,16,17). The largest absolute Gasteiger partial charge is 0.481 e. The van der Waals surface area contributed by atoms with E-state index < -0.39 is 5.97 Å². The van der Waals surface area contributed by atoms with Crippen molar-refractivity contribution in [2.45, 2.75) is 12.8 Å². The van der Waals surface area contributed by atoms with Crippen LogP contribution in [-0.4, -0.2) is 29.1 Å². The summed E-state index contributed by atoms with van der Waals surface area (Å²) in [7, 11) is 0. The van der Waals surface area contributed by atoms with E-state index in [4.69, 9.17) is 5.11 Å². The topological polar surface area (TPSA) is 53.4 Å². The van der Waals surface area contributed by atoms with Crippen LogP contribution >= 0.6 is 11.3 Å². The molecule has 1 aliphatic rings. The minimum absolute atomic E-state index is 0.185. The molecule has 18 heavy (non-hydrogen) atoms. The van der Waals surface area contributed by atoms with Crippen molar-refractivity contribution in [3.05, 3.63) is 24.3 Å². The Morgan fingerprint density at radius 3 is 2.72 bits per heavy atom. The summed E-state index contributed by atoms with van der Waals surface area (Å²) in [4.78, 5) is 17.7. The highest BCUT2D eigenvalue weighted by atomic mass is 32.1. The van der Waals surface area contributed by atoms with Crippen molar-refractivity contribution in [3.63, 3.8) is 0 Å². The molecule has 0 bridgehead atoms. The molecule has 94 valence electrons. The maximum Gasteiger partial charge on any atom is 0.306 e. The third kappa shape index (κ3) is 2.06. The smallest absolute Gasteiger partial charge is 0.306 e. The highest BCUT2D eigenvalue weighted by Gasteiger charge is 2.25. The maximum absolute atomic E-state index is 10.9. The number of anilines is 1. The van der Waals surface area contributed by atoms with Crippen LogP contribution in [0.25, 0.3) is 10.2 Å². The lowest BCUT2D eigenvalue weighted by Gasteiger charge is -2.29. The first-order valence-electron chi connectivity index (χ1n) is 6.07. The summed E-state index contributed by atoms with van der Waals surface area (Å²) in [5.74, 6) is -0.852. The van der Waals surface area contributed by atoms with Gasteiger partial charge in [-0.3, -0.25) is 4.79 Å². The van der Waals surface area contributed by atoms with Crippen LogP contribution < -0.4 is 4.90 Å². The first-order valence-corrected chi connectivity index (χ1v) is 6.89. The molecular formula is C13H14N2O2S. The number of piperidine rings is 1. The number of hydrogen-bond acceptors (Lipinski definition) is 4. The van der Waals surface area contributed by atoms with Crippen molar-refractivity contribution in [1.29, 1.82) is 0 Å². The minimum Gasteiger partial charge on any atom is -0.481 e. The van der Waals surface area contributed by atoms with Crippen molar-refractivity contribution in [1.82, 2.24) is 4.98 Å². The molecule has 1 aromatic heterocycles. The molecule has 3 rings (SSSR count). The van der Waals surface area contributed by atoms with E-state index in [1.807, 2.05) is 18.2 Å². The third-order valence-electron chi connectivity index (χ3n) is 3.40. The average molecular weight is 262 g/mol. The van der Waals surface area contributed by atoms with Gasteiger partial charge in [-0.25, -0.2) is 4.98 Å². The van der Waals surface area contributed by atoms with Crippen LogP contribution in [0.5, 0.6) is 0 Å². The molecule has 5 heteroatoms. The molecule has 0 radical (unpaired) electrons. The summed E-state index contributed by atoms with van der Waals surface area (Å²) in [5.41, 5.74) is 1.03. The van der Waals surface area contributed by atoms with E-state index >= 15 is 0 Å². The predicted octanol–water partition coefficient (Wildman–Crippen LogP) is 2.60. The van der Waals surface area contributed by atoms with E-state index in [1.165, 1.54) is 4.70 Å². The van der Waals surface area contributed by atoms with E-state index in [2.05, 4.69) is 16.0 Å². The molecule has 0 spiro atoms. The molecule has 2 heterocycles. The van der Waals surface area contributed by atoms with Gasteiger partial charge in [-0.2, -0.15) is 0 Å². The fourth-order valence-electron chi connectivity index (χ4n) is 2.31. The van der Waals surface area contributed by atoms with Gasteiger partial charge >= 0.3 is 5.97 Å². The lowest BCUT2D eigenvalue weighted by Crippen LogP contribution is -2.36. The molecule has 0 aliphatic carbocycles. The van der Waals surface area contributed by atoms with Gasteiger partial charge in [0.2, 0.25) is 0 Å². The Labute approximate surface area is 109 Å². The molecule has 4 nitrogen and oxygen atoms in total. The second kappa shape index (κ2) is 4.57. The van der Waals surface area contributed by atoms with Crippen LogP contribution in [0.2, 0.25) is 0 Å². The number of fused-ring (bicyclic) bond motifs is 1. The summed E-state index contributed by atoms with van der Waals surface area (Å²) < 4.78 is 1.19. The first-order chi connectivity index (χ1) is 8.74. The second-order valence-corrected chi connectivity index (χ2v) is 5.57. The fraction of sp³-hybridized carbons (Fsp3) is 0.385. The van der Waals surface area contributed by atoms with Crippen LogP contribution in [-0.2, 0) is 4.79 Å². The molecule has 1 aliphatic heterocycles. The van der Waals surface area contributed by atoms with Crippen molar-refractivity contribution in [2.75, 3.05) is 18.0 Å². The Kier molecular flexibility index (Phi) is 2.91. The third-order valence-corrected chi connectivity index (χ3v) is 4.49. The molecule has 2 aromatic rings. The lowest BCUT2D eigenvalue weighted by molar-refractivity contribution is -0.142. The van der Waals surface area contributed by atoms with Gasteiger partial charge in [0.15, 0.2) is 5.13 Å². The minimum atomic E-state index is -0.668. The van der Waals surface area contributed by atoms with Crippen molar-refractivity contribution in [2.24, 2.45) is 5.92 Å². The van der Waals surface area contributed by atoms with Gasteiger partial charge in [0.25, 0.3) is 0 Å². The zero-order valence-corrected chi connectivity index (χ0v) is 10.7. The van der Waals surface area contributed by atoms with Gasteiger partial charge in [-0.05, 0) is 25.0 Å².